The van der Waals surface area contributed by atoms with Gasteiger partial charge in [0.25, 0.3) is 0 Å². The molecule has 2 aliphatic heterocycles. The van der Waals surface area contributed by atoms with Crippen LogP contribution in [0.3, 0.4) is 0 Å². The molecule has 3 heterocycles. The minimum absolute atomic E-state index is 0.0940. The van der Waals surface area contributed by atoms with Gasteiger partial charge in [-0.1, -0.05) is 29.8 Å². The molecule has 0 unspecified atom stereocenters. The number of likely N-dealkylation sites (N-methyl/N-ethyl adjacent to an activating group) is 1. The molecule has 6 bridgehead atoms. The summed E-state index contributed by atoms with van der Waals surface area (Å²) in [5.41, 5.74) is 2.32. The first-order valence-electron chi connectivity index (χ1n) is 10.7. The number of anilines is 2. The zero-order valence-corrected chi connectivity index (χ0v) is 18.8. The van der Waals surface area contributed by atoms with E-state index in [-0.39, 0.29) is 5.56 Å². The second-order valence-corrected chi connectivity index (χ2v) is 8.54. The number of aromatic carboxylic acids is 1. The van der Waals surface area contributed by atoms with E-state index < -0.39 is 5.97 Å². The summed E-state index contributed by atoms with van der Waals surface area (Å²) in [6, 6.07) is 15.2. The van der Waals surface area contributed by atoms with Crippen LogP contribution in [0.2, 0.25) is 0 Å². The van der Waals surface area contributed by atoms with Gasteiger partial charge in [-0.05, 0) is 48.2 Å². The molecule has 0 atom stereocenters. The van der Waals surface area contributed by atoms with E-state index in [0.717, 1.165) is 48.2 Å². The fourth-order valence-corrected chi connectivity index (χ4v) is 4.14. The number of carboxylic acids is 1. The van der Waals surface area contributed by atoms with E-state index in [1.165, 1.54) is 0 Å². The highest BCUT2D eigenvalue weighted by atomic mass is 35.5. The van der Waals surface area contributed by atoms with Crippen LogP contribution in [0, 0.1) is 0 Å². The van der Waals surface area contributed by atoms with Gasteiger partial charge in [0.15, 0.2) is 5.82 Å². The molecule has 0 aliphatic carbocycles. The van der Waals surface area contributed by atoms with Crippen molar-refractivity contribution in [1.82, 2.24) is 19.9 Å². The Hall–Kier alpha value is -3.62. The molecule has 3 N–H and O–H groups in total. The Balaban J connectivity index is 1.78. The van der Waals surface area contributed by atoms with Gasteiger partial charge in [0.05, 0.1) is 21.6 Å². The molecular weight excluding hydrogens is 440 g/mol. The summed E-state index contributed by atoms with van der Waals surface area (Å²) in [6.45, 7) is 3.92. The molecule has 0 saturated carbocycles. The van der Waals surface area contributed by atoms with Crippen molar-refractivity contribution >= 4 is 56.0 Å². The fourth-order valence-electron chi connectivity index (χ4n) is 3.99. The Morgan fingerprint density at radius 3 is 2.61 bits per heavy atom. The number of aromatic nitrogens is 3. The molecule has 0 amide bonds. The van der Waals surface area contributed by atoms with Gasteiger partial charge in [-0.15, -0.1) is 0 Å². The molecule has 33 heavy (non-hydrogen) atoms. The van der Waals surface area contributed by atoms with E-state index in [1.54, 1.807) is 24.4 Å². The maximum Gasteiger partial charge on any atom is 0.337 e. The number of carbonyl (C=O) groups is 1. The third kappa shape index (κ3) is 4.48. The smallest absolute Gasteiger partial charge is 0.337 e. The van der Waals surface area contributed by atoms with Crippen molar-refractivity contribution in [3.63, 3.8) is 0 Å². The lowest BCUT2D eigenvalue weighted by Crippen LogP contribution is -2.44. The van der Waals surface area contributed by atoms with Crippen LogP contribution >= 0.6 is 11.6 Å². The summed E-state index contributed by atoms with van der Waals surface area (Å²) in [4.78, 5) is 28.7. The first-order chi connectivity index (χ1) is 16.0. The molecule has 0 spiro atoms. The standard InChI is InChI=1S/C24H23ClN6O2/c1-30-8-10-31(11-9-30)21-7-5-17-13-16(21)4-2-15-3-6-18(23(32)33)20(12-15)28-22-19(25)14-26-24(27-17)29-22/h2-7,12-14H,8-11H2,1H3,(H,32,33)(H2,26,27,28,29). The highest BCUT2D eigenvalue weighted by molar-refractivity contribution is 6.48. The molecule has 9 heteroatoms. The van der Waals surface area contributed by atoms with Gasteiger partial charge in [0, 0.05) is 38.1 Å². The predicted octanol–water partition coefficient (Wildman–Crippen LogP) is 4.21. The minimum atomic E-state index is -1.05. The van der Waals surface area contributed by atoms with Gasteiger partial charge < -0.3 is 25.2 Å². The molecule has 1 aromatic heterocycles. The lowest BCUT2D eigenvalue weighted by molar-refractivity contribution is 0.0699. The van der Waals surface area contributed by atoms with Crippen LogP contribution in [-0.4, -0.2) is 64.2 Å². The van der Waals surface area contributed by atoms with Crippen molar-refractivity contribution in [1.29, 1.82) is 0 Å². The second kappa shape index (κ2) is 8.73. The van der Waals surface area contributed by atoms with Crippen molar-refractivity contribution in [3.8, 4) is 0 Å². The van der Waals surface area contributed by atoms with Gasteiger partial charge >= 0.3 is 5.97 Å². The second-order valence-electron chi connectivity index (χ2n) is 8.13. The Morgan fingerprint density at radius 1 is 1.03 bits per heavy atom. The quantitative estimate of drug-likeness (QED) is 0.524. The maximum absolute atomic E-state index is 11.8. The number of H-pyrrole nitrogens is 1. The number of rotatable bonds is 2. The van der Waals surface area contributed by atoms with E-state index in [4.69, 9.17) is 11.6 Å². The number of aromatic amines is 1. The van der Waals surface area contributed by atoms with Crippen LogP contribution < -0.4 is 10.2 Å². The third-order valence-electron chi connectivity index (χ3n) is 5.83. The van der Waals surface area contributed by atoms with Crippen LogP contribution in [-0.2, 0) is 0 Å². The average molecular weight is 463 g/mol. The largest absolute Gasteiger partial charge is 0.478 e. The van der Waals surface area contributed by atoms with Crippen LogP contribution in [0.15, 0.2) is 54.7 Å². The molecule has 8 nitrogen and oxygen atoms in total. The SMILES string of the molecule is CN1CCN(c2ccc3cc2ccc2ccc(C(=O)O)c(c2)nc2[nH]c(n3)NC=C2Cl)CC1. The van der Waals surface area contributed by atoms with Crippen LogP contribution in [0.4, 0.5) is 11.6 Å². The lowest BCUT2D eigenvalue weighted by atomic mass is 10.1. The van der Waals surface area contributed by atoms with E-state index in [2.05, 4.69) is 43.2 Å². The monoisotopic (exact) mass is 462 g/mol. The molecule has 0 radical (unpaired) electrons. The zero-order chi connectivity index (χ0) is 22.9. The number of piperazine rings is 1. The molecule has 1 saturated heterocycles. The van der Waals surface area contributed by atoms with Gasteiger partial charge in [-0.25, -0.2) is 14.8 Å². The van der Waals surface area contributed by atoms with E-state index in [0.29, 0.717) is 22.3 Å². The predicted molar refractivity (Wildman–Crippen MR) is 132 cm³/mol. The first-order valence-corrected chi connectivity index (χ1v) is 11.0. The van der Waals surface area contributed by atoms with Gasteiger partial charge in [0.1, 0.15) is 0 Å². The van der Waals surface area contributed by atoms with Crippen LogP contribution in [0.1, 0.15) is 16.2 Å². The summed E-state index contributed by atoms with van der Waals surface area (Å²) >= 11 is 6.31. The van der Waals surface area contributed by atoms with Crippen molar-refractivity contribution in [3.05, 3.63) is 66.1 Å². The van der Waals surface area contributed by atoms with E-state index >= 15 is 0 Å². The number of carboxylic acid groups (broad SMARTS) is 1. The summed E-state index contributed by atoms with van der Waals surface area (Å²) in [5, 5.41) is 14.8. The summed E-state index contributed by atoms with van der Waals surface area (Å²) < 4.78 is 0. The number of hydrogen-bond donors (Lipinski definition) is 3. The van der Waals surface area contributed by atoms with Crippen LogP contribution in [0.25, 0.3) is 26.8 Å². The summed E-state index contributed by atoms with van der Waals surface area (Å²) in [5.74, 6) is -0.278. The normalized spacial score (nSPS) is 15.6. The Labute approximate surface area is 195 Å². The highest BCUT2D eigenvalue weighted by Gasteiger charge is 2.16. The topological polar surface area (TPSA) is 97.4 Å². The zero-order valence-electron chi connectivity index (χ0n) is 18.0. The van der Waals surface area contributed by atoms with Crippen molar-refractivity contribution in [2.24, 2.45) is 0 Å². The summed E-state index contributed by atoms with van der Waals surface area (Å²) in [6.07, 6.45) is 1.58. The van der Waals surface area contributed by atoms with Crippen molar-refractivity contribution < 1.29 is 9.90 Å². The minimum Gasteiger partial charge on any atom is -0.478 e. The summed E-state index contributed by atoms with van der Waals surface area (Å²) in [7, 11) is 2.14. The number of hydrogen-bond acceptors (Lipinski definition) is 6. The van der Waals surface area contributed by atoms with E-state index in [1.807, 2.05) is 24.3 Å². The van der Waals surface area contributed by atoms with Gasteiger partial charge in [0.2, 0.25) is 5.95 Å². The van der Waals surface area contributed by atoms with Gasteiger partial charge in [-0.3, -0.25) is 0 Å². The number of halogens is 1. The lowest BCUT2D eigenvalue weighted by Gasteiger charge is -2.34. The Kier molecular flexibility index (Phi) is 5.62. The number of nitrogens with one attached hydrogen (secondary N) is 2. The molecule has 1 fully saturated rings. The molecule has 3 aromatic rings. The van der Waals surface area contributed by atoms with Crippen molar-refractivity contribution in [2.75, 3.05) is 43.4 Å². The molecular formula is C24H23ClN6O2. The number of fused-ring (bicyclic) bond motifs is 6. The van der Waals surface area contributed by atoms with E-state index in [9.17, 15) is 9.90 Å². The first kappa shape index (κ1) is 21.2. The molecule has 2 aliphatic rings. The number of benzene rings is 2. The Bertz CT molecular complexity index is 1370. The third-order valence-corrected chi connectivity index (χ3v) is 6.12. The van der Waals surface area contributed by atoms with Crippen molar-refractivity contribution in [2.45, 2.75) is 0 Å². The average Bonchev–Trinajstić information content (AvgIpc) is 2.80. The maximum atomic E-state index is 11.8. The Morgan fingerprint density at radius 2 is 1.82 bits per heavy atom. The highest BCUT2D eigenvalue weighted by Crippen LogP contribution is 2.26. The molecule has 2 aromatic carbocycles. The fraction of sp³-hybridized carbons (Fsp3) is 0.208. The molecule has 168 valence electrons. The van der Waals surface area contributed by atoms with Gasteiger partial charge in [-0.2, -0.15) is 0 Å². The molecule has 5 rings (SSSR count). The van der Waals surface area contributed by atoms with Crippen LogP contribution in [0.5, 0.6) is 0 Å². The number of nitrogens with zero attached hydrogens (tertiary/aromatic N) is 4.